The van der Waals surface area contributed by atoms with E-state index in [1.807, 2.05) is 23.1 Å². The fourth-order valence-corrected chi connectivity index (χ4v) is 2.03. The summed E-state index contributed by atoms with van der Waals surface area (Å²) >= 11 is 0. The molecule has 0 radical (unpaired) electrons. The van der Waals surface area contributed by atoms with E-state index in [-0.39, 0.29) is 0 Å². The van der Waals surface area contributed by atoms with Crippen LogP contribution in [0.25, 0.3) is 0 Å². The predicted molar refractivity (Wildman–Crippen MR) is 74.5 cm³/mol. The molecule has 2 rings (SSSR count). The molecule has 0 aliphatic heterocycles. The molecule has 96 valence electrons. The maximum atomic E-state index is 4.22. The summed E-state index contributed by atoms with van der Waals surface area (Å²) in [6.45, 7) is 6.35. The van der Waals surface area contributed by atoms with Crippen LogP contribution in [0.15, 0.2) is 48.8 Å². The lowest BCUT2D eigenvalue weighted by Crippen LogP contribution is -2.33. The minimum absolute atomic E-state index is 0.427. The molecular weight excluding hydrogens is 222 g/mol. The molecule has 0 aliphatic rings. The van der Waals surface area contributed by atoms with Crippen LogP contribution in [0, 0.1) is 0 Å². The van der Waals surface area contributed by atoms with E-state index in [0.29, 0.717) is 12.0 Å². The van der Waals surface area contributed by atoms with Gasteiger partial charge in [-0.25, -0.2) is 0 Å². The van der Waals surface area contributed by atoms with Crippen molar-refractivity contribution in [2.24, 2.45) is 0 Å². The van der Waals surface area contributed by atoms with Gasteiger partial charge in [0.1, 0.15) is 0 Å². The summed E-state index contributed by atoms with van der Waals surface area (Å²) in [4.78, 5) is 0. The minimum Gasteiger partial charge on any atom is -0.312 e. The lowest BCUT2D eigenvalue weighted by Gasteiger charge is -2.18. The Morgan fingerprint density at radius 1 is 1.17 bits per heavy atom. The minimum atomic E-state index is 0.427. The van der Waals surface area contributed by atoms with Gasteiger partial charge in [0.25, 0.3) is 0 Å². The Morgan fingerprint density at radius 2 is 1.94 bits per heavy atom. The number of hydrogen-bond donors (Lipinski definition) is 1. The Morgan fingerprint density at radius 3 is 2.61 bits per heavy atom. The molecule has 0 saturated heterocycles. The molecule has 18 heavy (non-hydrogen) atoms. The second-order valence-electron chi connectivity index (χ2n) is 4.85. The van der Waals surface area contributed by atoms with E-state index in [1.54, 1.807) is 0 Å². The van der Waals surface area contributed by atoms with Crippen molar-refractivity contribution in [3.05, 3.63) is 54.4 Å². The topological polar surface area (TPSA) is 29.9 Å². The molecule has 3 heteroatoms. The van der Waals surface area contributed by atoms with E-state index in [2.05, 4.69) is 54.6 Å². The lowest BCUT2D eigenvalue weighted by molar-refractivity contribution is 0.440. The summed E-state index contributed by atoms with van der Waals surface area (Å²) in [5.41, 5.74) is 1.39. The van der Waals surface area contributed by atoms with Crippen molar-refractivity contribution >= 4 is 0 Å². The third-order valence-corrected chi connectivity index (χ3v) is 3.16. The van der Waals surface area contributed by atoms with Crippen LogP contribution < -0.4 is 5.32 Å². The van der Waals surface area contributed by atoms with Gasteiger partial charge in [-0.15, -0.1) is 0 Å². The summed E-state index contributed by atoms with van der Waals surface area (Å²) in [6.07, 6.45) is 3.82. The molecule has 0 aliphatic carbocycles. The molecule has 2 aromatic rings. The summed E-state index contributed by atoms with van der Waals surface area (Å²) in [5.74, 6) is 0.534. The van der Waals surface area contributed by atoms with Crippen molar-refractivity contribution in [2.75, 3.05) is 6.54 Å². The number of nitrogens with zero attached hydrogens (tertiary/aromatic N) is 2. The summed E-state index contributed by atoms with van der Waals surface area (Å²) < 4.78 is 1.96. The van der Waals surface area contributed by atoms with Gasteiger partial charge in [-0.2, -0.15) is 5.10 Å². The van der Waals surface area contributed by atoms with E-state index in [1.165, 1.54) is 5.56 Å². The average molecular weight is 243 g/mol. The van der Waals surface area contributed by atoms with Crippen LogP contribution in [0.4, 0.5) is 0 Å². The highest BCUT2D eigenvalue weighted by Gasteiger charge is 2.07. The summed E-state index contributed by atoms with van der Waals surface area (Å²) in [6, 6.07) is 13.0. The zero-order valence-corrected chi connectivity index (χ0v) is 11.1. The second kappa shape index (κ2) is 6.36. The van der Waals surface area contributed by atoms with Crippen LogP contribution >= 0.6 is 0 Å². The largest absolute Gasteiger partial charge is 0.312 e. The van der Waals surface area contributed by atoms with Crippen molar-refractivity contribution < 1.29 is 0 Å². The number of aromatic nitrogens is 2. The van der Waals surface area contributed by atoms with Gasteiger partial charge in [0, 0.05) is 25.0 Å². The molecule has 1 aromatic heterocycles. The number of nitrogens with one attached hydrogen (secondary N) is 1. The normalized spacial score (nSPS) is 14.3. The molecule has 0 fully saturated rings. The SMILES string of the molecule is CC(Cn1cccn1)NCC(C)c1ccccc1. The molecule has 0 spiro atoms. The Hall–Kier alpha value is -1.61. The predicted octanol–water partition coefficient (Wildman–Crippen LogP) is 2.66. The van der Waals surface area contributed by atoms with Crippen molar-refractivity contribution in [3.63, 3.8) is 0 Å². The Kier molecular flexibility index (Phi) is 4.53. The van der Waals surface area contributed by atoms with E-state index in [9.17, 15) is 0 Å². The summed E-state index contributed by atoms with van der Waals surface area (Å²) in [7, 11) is 0. The van der Waals surface area contributed by atoms with E-state index >= 15 is 0 Å². The van der Waals surface area contributed by atoms with Crippen LogP contribution in [0.2, 0.25) is 0 Å². The maximum Gasteiger partial charge on any atom is 0.0559 e. The van der Waals surface area contributed by atoms with E-state index in [0.717, 1.165) is 13.1 Å². The molecule has 0 bridgehead atoms. The second-order valence-corrected chi connectivity index (χ2v) is 4.85. The smallest absolute Gasteiger partial charge is 0.0559 e. The monoisotopic (exact) mass is 243 g/mol. The number of benzene rings is 1. The first-order valence-corrected chi connectivity index (χ1v) is 6.51. The average Bonchev–Trinajstić information content (AvgIpc) is 2.90. The quantitative estimate of drug-likeness (QED) is 0.845. The van der Waals surface area contributed by atoms with Crippen LogP contribution in [0.3, 0.4) is 0 Å². The summed E-state index contributed by atoms with van der Waals surface area (Å²) in [5, 5.41) is 7.78. The Balaban J connectivity index is 1.77. The third kappa shape index (κ3) is 3.70. The first kappa shape index (κ1) is 12.8. The van der Waals surface area contributed by atoms with Crippen molar-refractivity contribution in [1.29, 1.82) is 0 Å². The fraction of sp³-hybridized carbons (Fsp3) is 0.400. The van der Waals surface area contributed by atoms with Crippen LogP contribution in [-0.2, 0) is 6.54 Å². The molecule has 0 saturated carbocycles. The molecule has 3 nitrogen and oxygen atoms in total. The fourth-order valence-electron chi connectivity index (χ4n) is 2.03. The zero-order chi connectivity index (χ0) is 12.8. The first-order chi connectivity index (χ1) is 8.75. The lowest BCUT2D eigenvalue weighted by atomic mass is 10.0. The van der Waals surface area contributed by atoms with Crippen molar-refractivity contribution in [1.82, 2.24) is 15.1 Å². The van der Waals surface area contributed by atoms with Crippen LogP contribution in [0.1, 0.15) is 25.3 Å². The molecule has 1 heterocycles. The van der Waals surface area contributed by atoms with Crippen molar-refractivity contribution in [2.45, 2.75) is 32.4 Å². The molecule has 2 unspecified atom stereocenters. The van der Waals surface area contributed by atoms with Gasteiger partial charge in [-0.05, 0) is 24.5 Å². The highest BCUT2D eigenvalue weighted by Crippen LogP contribution is 2.13. The molecule has 2 atom stereocenters. The zero-order valence-electron chi connectivity index (χ0n) is 11.1. The molecule has 0 amide bonds. The number of rotatable bonds is 6. The highest BCUT2D eigenvalue weighted by molar-refractivity contribution is 5.18. The maximum absolute atomic E-state index is 4.22. The third-order valence-electron chi connectivity index (χ3n) is 3.16. The van der Waals surface area contributed by atoms with Gasteiger partial charge in [-0.3, -0.25) is 4.68 Å². The van der Waals surface area contributed by atoms with Gasteiger partial charge in [-0.1, -0.05) is 37.3 Å². The highest BCUT2D eigenvalue weighted by atomic mass is 15.3. The van der Waals surface area contributed by atoms with E-state index < -0.39 is 0 Å². The van der Waals surface area contributed by atoms with E-state index in [4.69, 9.17) is 0 Å². The van der Waals surface area contributed by atoms with Crippen molar-refractivity contribution in [3.8, 4) is 0 Å². The van der Waals surface area contributed by atoms with Gasteiger partial charge in [0.05, 0.1) is 6.54 Å². The molecule has 1 N–H and O–H groups in total. The van der Waals surface area contributed by atoms with Gasteiger partial charge < -0.3 is 5.32 Å². The van der Waals surface area contributed by atoms with Crippen LogP contribution in [-0.4, -0.2) is 22.4 Å². The standard InChI is InChI=1S/C15H21N3/c1-13(15-7-4-3-5-8-15)11-16-14(2)12-18-10-6-9-17-18/h3-10,13-14,16H,11-12H2,1-2H3. The number of hydrogen-bond acceptors (Lipinski definition) is 2. The molecule has 1 aromatic carbocycles. The van der Waals surface area contributed by atoms with Crippen LogP contribution in [0.5, 0.6) is 0 Å². The first-order valence-electron chi connectivity index (χ1n) is 6.51. The van der Waals surface area contributed by atoms with Gasteiger partial charge >= 0.3 is 0 Å². The van der Waals surface area contributed by atoms with Gasteiger partial charge in [0.15, 0.2) is 0 Å². The van der Waals surface area contributed by atoms with Gasteiger partial charge in [0.2, 0.25) is 0 Å². The Labute approximate surface area is 109 Å². The molecular formula is C15H21N3. The Bertz CT molecular complexity index is 436.